The number of esters is 1. The van der Waals surface area contributed by atoms with Gasteiger partial charge in [-0.1, -0.05) is 41.9 Å². The van der Waals surface area contributed by atoms with E-state index in [0.29, 0.717) is 18.9 Å². The summed E-state index contributed by atoms with van der Waals surface area (Å²) in [5.41, 5.74) is 9.45. The standard InChI is InChI=1S/C35H40ClN5O5S/c1-5-26-19-41(47(43,44)31-14-25(36)17-37-35(31)46-26)18-24-13-23(12-22-8-7-9-27(22)24)29(16-32(42)45-6-2)28-15-30(21-10-11-21)34-33(20(28)3)38-39-40(34)4/h12-15,17,21,26,29H,5-11,16,18-19H2,1-4H3/t26-,29+/m1/s1. The quantitative estimate of drug-likeness (QED) is 0.194. The topological polar surface area (TPSA) is 117 Å². The highest BCUT2D eigenvalue weighted by Gasteiger charge is 2.37. The zero-order chi connectivity index (χ0) is 33.0. The van der Waals surface area contributed by atoms with E-state index >= 15 is 0 Å². The fourth-order valence-corrected chi connectivity index (χ4v) is 9.10. The zero-order valence-corrected chi connectivity index (χ0v) is 28.8. The molecule has 47 heavy (non-hydrogen) atoms. The summed E-state index contributed by atoms with van der Waals surface area (Å²) >= 11 is 6.23. The number of fused-ring (bicyclic) bond motifs is 3. The van der Waals surface area contributed by atoms with E-state index in [9.17, 15) is 13.2 Å². The summed E-state index contributed by atoms with van der Waals surface area (Å²) in [6.07, 6.45) is 6.80. The van der Waals surface area contributed by atoms with Crippen molar-refractivity contribution < 1.29 is 22.7 Å². The van der Waals surface area contributed by atoms with E-state index in [1.807, 2.05) is 25.6 Å². The number of halogens is 1. The summed E-state index contributed by atoms with van der Waals surface area (Å²) in [4.78, 5) is 17.4. The van der Waals surface area contributed by atoms with Gasteiger partial charge in [0.2, 0.25) is 15.9 Å². The number of pyridine rings is 1. The number of rotatable bonds is 9. The number of carbonyl (C=O) groups excluding carboxylic acids is 1. The largest absolute Gasteiger partial charge is 0.472 e. The molecule has 2 aromatic carbocycles. The highest BCUT2D eigenvalue weighted by atomic mass is 35.5. The number of nitrogens with zero attached hydrogens (tertiary/aromatic N) is 5. The van der Waals surface area contributed by atoms with Crippen LogP contribution in [-0.4, -0.2) is 57.9 Å². The smallest absolute Gasteiger partial charge is 0.306 e. The molecule has 3 heterocycles. The third kappa shape index (κ3) is 5.91. The molecule has 0 bridgehead atoms. The molecule has 2 aromatic heterocycles. The molecule has 0 spiro atoms. The van der Waals surface area contributed by atoms with E-state index in [-0.39, 0.29) is 53.3 Å². The van der Waals surface area contributed by atoms with Crippen molar-refractivity contribution in [3.05, 3.63) is 74.4 Å². The number of carbonyl (C=O) groups is 1. The van der Waals surface area contributed by atoms with E-state index in [2.05, 4.69) is 40.4 Å². The van der Waals surface area contributed by atoms with Crippen LogP contribution in [0.2, 0.25) is 5.02 Å². The van der Waals surface area contributed by atoms with Crippen LogP contribution in [0, 0.1) is 6.92 Å². The molecule has 3 aliphatic rings. The molecule has 0 amide bonds. The van der Waals surface area contributed by atoms with Gasteiger partial charge in [0.1, 0.15) is 16.5 Å². The molecule has 2 aliphatic carbocycles. The minimum Gasteiger partial charge on any atom is -0.472 e. The molecule has 10 nitrogen and oxygen atoms in total. The number of sulfonamides is 1. The third-order valence-electron chi connectivity index (χ3n) is 9.89. The second-order valence-electron chi connectivity index (χ2n) is 13.0. The van der Waals surface area contributed by atoms with Crippen LogP contribution in [-0.2, 0) is 46.0 Å². The van der Waals surface area contributed by atoms with Crippen LogP contribution in [0.1, 0.15) is 96.7 Å². The number of ether oxygens (including phenoxy) is 2. The van der Waals surface area contributed by atoms with Crippen molar-refractivity contribution in [1.29, 1.82) is 0 Å². The maximum absolute atomic E-state index is 14.1. The minimum absolute atomic E-state index is 0.0190. The van der Waals surface area contributed by atoms with Crippen LogP contribution in [0.4, 0.5) is 0 Å². The van der Waals surface area contributed by atoms with Crippen molar-refractivity contribution in [1.82, 2.24) is 24.3 Å². The first-order valence-corrected chi connectivity index (χ1v) is 18.4. The van der Waals surface area contributed by atoms with Crippen molar-refractivity contribution in [3.63, 3.8) is 0 Å². The minimum atomic E-state index is -3.98. The monoisotopic (exact) mass is 677 g/mol. The fraction of sp³-hybridized carbons (Fsp3) is 0.486. The summed E-state index contributed by atoms with van der Waals surface area (Å²) in [7, 11) is -2.05. The second kappa shape index (κ2) is 12.5. The Labute approximate surface area is 280 Å². The summed E-state index contributed by atoms with van der Waals surface area (Å²) < 4.78 is 43.2. The maximum atomic E-state index is 14.1. The second-order valence-corrected chi connectivity index (χ2v) is 15.3. The first-order valence-electron chi connectivity index (χ1n) is 16.5. The molecule has 1 saturated carbocycles. The lowest BCUT2D eigenvalue weighted by Crippen LogP contribution is -2.36. The van der Waals surface area contributed by atoms with Gasteiger partial charge in [-0.05, 0) is 103 Å². The lowest BCUT2D eigenvalue weighted by atomic mass is 9.82. The number of hydrogen-bond acceptors (Lipinski definition) is 8. The van der Waals surface area contributed by atoms with E-state index in [4.69, 9.17) is 21.1 Å². The Balaban J connectivity index is 1.36. The van der Waals surface area contributed by atoms with Crippen molar-refractivity contribution in [2.75, 3.05) is 13.2 Å². The van der Waals surface area contributed by atoms with Gasteiger partial charge in [-0.25, -0.2) is 18.1 Å². The molecule has 12 heteroatoms. The Morgan fingerprint density at radius 3 is 2.72 bits per heavy atom. The van der Waals surface area contributed by atoms with E-state index in [1.165, 1.54) is 33.3 Å². The molecule has 0 saturated heterocycles. The van der Waals surface area contributed by atoms with Crippen LogP contribution in [0.15, 0.2) is 35.4 Å². The van der Waals surface area contributed by atoms with Gasteiger partial charge >= 0.3 is 5.97 Å². The highest BCUT2D eigenvalue weighted by Crippen LogP contribution is 2.46. The number of benzene rings is 2. The zero-order valence-electron chi connectivity index (χ0n) is 27.3. The van der Waals surface area contributed by atoms with E-state index in [0.717, 1.165) is 65.4 Å². The molecular formula is C35H40ClN5O5S. The summed E-state index contributed by atoms with van der Waals surface area (Å²) in [6.45, 7) is 6.50. The Kier molecular flexibility index (Phi) is 8.51. The van der Waals surface area contributed by atoms with Crippen LogP contribution in [0.3, 0.4) is 0 Å². The molecule has 0 radical (unpaired) electrons. The molecular weight excluding hydrogens is 638 g/mol. The lowest BCUT2D eigenvalue weighted by molar-refractivity contribution is -0.143. The Morgan fingerprint density at radius 1 is 1.17 bits per heavy atom. The number of hydrogen-bond donors (Lipinski definition) is 0. The van der Waals surface area contributed by atoms with Crippen LogP contribution >= 0.6 is 11.6 Å². The molecule has 1 fully saturated rings. The number of aromatic nitrogens is 4. The molecule has 248 valence electrons. The summed E-state index contributed by atoms with van der Waals surface area (Å²) in [5, 5.41) is 9.15. The molecule has 0 N–H and O–H groups in total. The van der Waals surface area contributed by atoms with E-state index < -0.39 is 10.0 Å². The SMILES string of the molecule is CCOC(=O)C[C@@H](c1cc2c(c(CN3C[C@@H](CC)Oc4ncc(Cl)cc4S3(=O)=O)c1)CCC2)c1cc(C2CC2)c2c(nnn2C)c1C. The highest BCUT2D eigenvalue weighted by molar-refractivity contribution is 7.89. The van der Waals surface area contributed by atoms with Gasteiger partial charge in [0.25, 0.3) is 0 Å². The molecule has 4 aromatic rings. The molecule has 0 unspecified atom stereocenters. The first-order chi connectivity index (χ1) is 22.6. The predicted octanol–water partition coefficient (Wildman–Crippen LogP) is 6.14. The third-order valence-corrected chi connectivity index (χ3v) is 11.9. The van der Waals surface area contributed by atoms with Gasteiger partial charge in [0, 0.05) is 25.7 Å². The molecule has 1 aliphatic heterocycles. The van der Waals surface area contributed by atoms with Gasteiger partial charge in [-0.3, -0.25) is 4.79 Å². The van der Waals surface area contributed by atoms with Crippen molar-refractivity contribution >= 4 is 38.6 Å². The Morgan fingerprint density at radius 2 is 1.98 bits per heavy atom. The summed E-state index contributed by atoms with van der Waals surface area (Å²) in [5.74, 6) is -0.0525. The normalized spacial score (nSPS) is 19.6. The van der Waals surface area contributed by atoms with Gasteiger partial charge in [-0.15, -0.1) is 5.10 Å². The maximum Gasteiger partial charge on any atom is 0.306 e. The van der Waals surface area contributed by atoms with Gasteiger partial charge < -0.3 is 9.47 Å². The molecule has 7 rings (SSSR count). The average Bonchev–Trinajstić information content (AvgIpc) is 3.67. The van der Waals surface area contributed by atoms with Crippen LogP contribution in [0.5, 0.6) is 5.88 Å². The van der Waals surface area contributed by atoms with Crippen molar-refractivity contribution in [2.45, 2.75) is 95.1 Å². The van der Waals surface area contributed by atoms with Crippen molar-refractivity contribution in [2.24, 2.45) is 7.05 Å². The van der Waals surface area contributed by atoms with Gasteiger partial charge in [0.15, 0.2) is 0 Å². The van der Waals surface area contributed by atoms with Crippen LogP contribution < -0.4 is 4.74 Å². The van der Waals surface area contributed by atoms with Gasteiger partial charge in [0.05, 0.1) is 30.1 Å². The Hall–Kier alpha value is -3.54. The Bertz CT molecular complexity index is 1990. The fourth-order valence-electron chi connectivity index (χ4n) is 7.34. The number of aryl methyl sites for hydroxylation is 3. The average molecular weight is 678 g/mol. The first kappa shape index (κ1) is 32.0. The predicted molar refractivity (Wildman–Crippen MR) is 178 cm³/mol. The van der Waals surface area contributed by atoms with E-state index in [1.54, 1.807) is 0 Å². The molecule has 2 atom stereocenters. The lowest BCUT2D eigenvalue weighted by Gasteiger charge is -2.26. The van der Waals surface area contributed by atoms with Crippen molar-refractivity contribution in [3.8, 4) is 5.88 Å². The van der Waals surface area contributed by atoms with Gasteiger partial charge in [-0.2, -0.15) is 4.31 Å². The van der Waals surface area contributed by atoms with Crippen LogP contribution in [0.25, 0.3) is 11.0 Å². The summed E-state index contributed by atoms with van der Waals surface area (Å²) in [6, 6.07) is 8.01.